The van der Waals surface area contributed by atoms with Crippen LogP contribution >= 0.6 is 0 Å². The number of carbonyl (C=O) groups excluding carboxylic acids is 1. The van der Waals surface area contributed by atoms with E-state index in [-0.39, 0.29) is 11.8 Å². The molecular formula is C16H23N5O3S. The smallest absolute Gasteiger partial charge is 0.274 e. The van der Waals surface area contributed by atoms with Gasteiger partial charge in [0, 0.05) is 44.8 Å². The number of sulfonamides is 1. The van der Waals surface area contributed by atoms with E-state index >= 15 is 0 Å². The second-order valence-corrected chi connectivity index (χ2v) is 8.37. The highest BCUT2D eigenvalue weighted by atomic mass is 32.2. The third kappa shape index (κ3) is 4.49. The Bertz CT molecular complexity index is 855. The summed E-state index contributed by atoms with van der Waals surface area (Å²) < 4.78 is 28.8. The minimum atomic E-state index is -3.20. The van der Waals surface area contributed by atoms with Crippen molar-refractivity contribution in [1.29, 1.82) is 0 Å². The highest BCUT2D eigenvalue weighted by molar-refractivity contribution is 7.88. The zero-order valence-electron chi connectivity index (χ0n) is 14.4. The highest BCUT2D eigenvalue weighted by Crippen LogP contribution is 2.20. The summed E-state index contributed by atoms with van der Waals surface area (Å²) in [4.78, 5) is 14.6. The molecule has 8 nitrogen and oxygen atoms in total. The fraction of sp³-hybridized carbons (Fsp3) is 0.500. The summed E-state index contributed by atoms with van der Waals surface area (Å²) in [6.07, 6.45) is 5.57. The second kappa shape index (κ2) is 7.01. The van der Waals surface area contributed by atoms with Crippen molar-refractivity contribution in [3.8, 4) is 0 Å². The van der Waals surface area contributed by atoms with Gasteiger partial charge in [-0.3, -0.25) is 9.48 Å². The molecule has 1 amide bonds. The van der Waals surface area contributed by atoms with Crippen LogP contribution in [0, 0.1) is 5.92 Å². The van der Waals surface area contributed by atoms with E-state index in [1.165, 1.54) is 0 Å². The molecule has 0 aromatic carbocycles. The molecule has 2 aromatic rings. The van der Waals surface area contributed by atoms with Crippen LogP contribution in [-0.4, -0.2) is 52.9 Å². The number of rotatable bonds is 5. The van der Waals surface area contributed by atoms with Gasteiger partial charge in [0.1, 0.15) is 5.69 Å². The van der Waals surface area contributed by atoms with Gasteiger partial charge in [0.2, 0.25) is 10.0 Å². The molecule has 0 saturated carbocycles. The van der Waals surface area contributed by atoms with Crippen molar-refractivity contribution in [2.45, 2.75) is 19.5 Å². The number of carbonyl (C=O) groups is 1. The number of amides is 1. The molecule has 0 fully saturated rings. The molecule has 0 spiro atoms. The van der Waals surface area contributed by atoms with Gasteiger partial charge in [-0.2, -0.15) is 5.10 Å². The van der Waals surface area contributed by atoms with Crippen molar-refractivity contribution in [2.75, 3.05) is 19.3 Å². The lowest BCUT2D eigenvalue weighted by Gasteiger charge is -2.23. The van der Waals surface area contributed by atoms with E-state index in [1.807, 2.05) is 18.3 Å². The average molecular weight is 365 g/mol. The molecule has 3 heterocycles. The van der Waals surface area contributed by atoms with Crippen molar-refractivity contribution in [3.05, 3.63) is 42.0 Å². The predicted octanol–water partition coefficient (Wildman–Crippen LogP) is 0.433. The quantitative estimate of drug-likeness (QED) is 0.832. The van der Waals surface area contributed by atoms with Crippen LogP contribution in [0.25, 0.3) is 0 Å². The van der Waals surface area contributed by atoms with Crippen LogP contribution in [0.4, 0.5) is 0 Å². The van der Waals surface area contributed by atoms with Crippen molar-refractivity contribution < 1.29 is 13.2 Å². The highest BCUT2D eigenvalue weighted by Gasteiger charge is 2.26. The molecule has 0 bridgehead atoms. The predicted molar refractivity (Wildman–Crippen MR) is 93.3 cm³/mol. The molecule has 1 atom stereocenters. The van der Waals surface area contributed by atoms with Crippen LogP contribution in [0.2, 0.25) is 0 Å². The van der Waals surface area contributed by atoms with Gasteiger partial charge in [-0.05, 0) is 30.5 Å². The molecular weight excluding hydrogens is 342 g/mol. The van der Waals surface area contributed by atoms with E-state index in [0.29, 0.717) is 31.7 Å². The van der Waals surface area contributed by atoms with Crippen LogP contribution in [-0.2, 0) is 30.2 Å². The molecule has 0 aliphatic carbocycles. The zero-order chi connectivity index (χ0) is 18.0. The van der Waals surface area contributed by atoms with Crippen LogP contribution in [0.15, 0.2) is 30.6 Å². The minimum absolute atomic E-state index is 0.101. The van der Waals surface area contributed by atoms with Gasteiger partial charge in [-0.1, -0.05) is 0 Å². The number of nitrogens with one attached hydrogen (secondary N) is 1. The van der Waals surface area contributed by atoms with Gasteiger partial charge in [-0.15, -0.1) is 0 Å². The van der Waals surface area contributed by atoms with Gasteiger partial charge in [0.25, 0.3) is 5.91 Å². The Kier molecular flexibility index (Phi) is 4.96. The Morgan fingerprint density at radius 3 is 2.80 bits per heavy atom. The van der Waals surface area contributed by atoms with Gasteiger partial charge in [0.05, 0.1) is 12.8 Å². The Labute approximate surface area is 147 Å². The normalized spacial score (nSPS) is 18.0. The summed E-state index contributed by atoms with van der Waals surface area (Å²) in [5, 5.41) is 4.21. The molecule has 3 rings (SSSR count). The first-order valence-corrected chi connectivity index (χ1v) is 10.1. The largest absolute Gasteiger partial charge is 0.349 e. The number of nitrogens with zero attached hydrogens (tertiary/aromatic N) is 4. The first-order valence-electron chi connectivity index (χ1n) is 8.19. The summed E-state index contributed by atoms with van der Waals surface area (Å²) in [6.45, 7) is 2.23. The molecule has 0 unspecified atom stereocenters. The molecule has 1 aliphatic heterocycles. The van der Waals surface area contributed by atoms with Gasteiger partial charge < -0.3 is 9.47 Å². The number of fused-ring (bicyclic) bond motifs is 1. The molecule has 0 radical (unpaired) electrons. The SMILES string of the molecule is Cn1ccc(C(=O)N2Cc3cccn3C[C@@H](CCNS(C)(=O)=O)C2)n1. The van der Waals surface area contributed by atoms with E-state index in [1.54, 1.807) is 28.9 Å². The zero-order valence-corrected chi connectivity index (χ0v) is 15.2. The Morgan fingerprint density at radius 2 is 2.12 bits per heavy atom. The van der Waals surface area contributed by atoms with Crippen molar-refractivity contribution in [1.82, 2.24) is 24.0 Å². The van der Waals surface area contributed by atoms with Crippen LogP contribution < -0.4 is 4.72 Å². The maximum absolute atomic E-state index is 12.8. The third-order valence-electron chi connectivity index (χ3n) is 4.35. The Hall–Kier alpha value is -2.13. The fourth-order valence-corrected chi connectivity index (χ4v) is 3.64. The lowest BCUT2D eigenvalue weighted by atomic mass is 10.1. The Balaban J connectivity index is 1.75. The van der Waals surface area contributed by atoms with Crippen LogP contribution in [0.5, 0.6) is 0 Å². The van der Waals surface area contributed by atoms with Crippen molar-refractivity contribution >= 4 is 15.9 Å². The number of hydrogen-bond acceptors (Lipinski definition) is 4. The van der Waals surface area contributed by atoms with E-state index < -0.39 is 10.0 Å². The second-order valence-electron chi connectivity index (χ2n) is 6.53. The fourth-order valence-electron chi connectivity index (χ4n) is 3.16. The average Bonchev–Trinajstić information content (AvgIpc) is 3.10. The molecule has 1 aliphatic rings. The van der Waals surface area contributed by atoms with Crippen molar-refractivity contribution in [3.63, 3.8) is 0 Å². The molecule has 9 heteroatoms. The first kappa shape index (κ1) is 17.7. The summed E-state index contributed by atoms with van der Waals surface area (Å²) in [6, 6.07) is 5.69. The summed E-state index contributed by atoms with van der Waals surface area (Å²) >= 11 is 0. The molecule has 1 N–H and O–H groups in total. The molecule has 25 heavy (non-hydrogen) atoms. The topological polar surface area (TPSA) is 89.2 Å². The lowest BCUT2D eigenvalue weighted by Crippen LogP contribution is -2.35. The minimum Gasteiger partial charge on any atom is -0.349 e. The first-order chi connectivity index (χ1) is 11.8. The van der Waals surface area contributed by atoms with E-state index in [4.69, 9.17) is 0 Å². The van der Waals surface area contributed by atoms with Crippen LogP contribution in [0.3, 0.4) is 0 Å². The van der Waals surface area contributed by atoms with Gasteiger partial charge >= 0.3 is 0 Å². The maximum atomic E-state index is 12.8. The standard InChI is InChI=1S/C16H23N5O3S/c1-19-9-6-15(18-19)16(22)21-11-13(5-7-17-25(2,23)24)10-20-8-3-4-14(20)12-21/h3-4,6,8-9,13,17H,5,7,10-12H2,1-2H3/t13-/m1/s1. The third-order valence-corrected chi connectivity index (χ3v) is 5.08. The van der Waals surface area contributed by atoms with Gasteiger partial charge in [0.15, 0.2) is 0 Å². The van der Waals surface area contributed by atoms with Crippen molar-refractivity contribution in [2.24, 2.45) is 13.0 Å². The van der Waals surface area contributed by atoms with Crippen LogP contribution in [0.1, 0.15) is 22.6 Å². The number of aromatic nitrogens is 3. The maximum Gasteiger partial charge on any atom is 0.274 e. The van der Waals surface area contributed by atoms with E-state index in [0.717, 1.165) is 18.5 Å². The van der Waals surface area contributed by atoms with E-state index in [9.17, 15) is 13.2 Å². The van der Waals surface area contributed by atoms with Gasteiger partial charge in [-0.25, -0.2) is 13.1 Å². The summed E-state index contributed by atoms with van der Waals surface area (Å²) in [5.41, 5.74) is 1.50. The number of aryl methyl sites for hydroxylation is 1. The summed E-state index contributed by atoms with van der Waals surface area (Å²) in [5.74, 6) is 0.0619. The molecule has 136 valence electrons. The number of hydrogen-bond donors (Lipinski definition) is 1. The molecule has 2 aromatic heterocycles. The Morgan fingerprint density at radius 1 is 1.32 bits per heavy atom. The van der Waals surface area contributed by atoms with E-state index in [2.05, 4.69) is 14.4 Å². The monoisotopic (exact) mass is 365 g/mol. The summed E-state index contributed by atoms with van der Waals surface area (Å²) in [7, 11) is -1.42. The lowest BCUT2D eigenvalue weighted by molar-refractivity contribution is 0.0712. The molecule has 0 saturated heterocycles.